The summed E-state index contributed by atoms with van der Waals surface area (Å²) in [6, 6.07) is 15.3. The van der Waals surface area contributed by atoms with Crippen LogP contribution >= 0.6 is 35.0 Å². The van der Waals surface area contributed by atoms with Gasteiger partial charge >= 0.3 is 0 Å². The maximum absolute atomic E-state index is 12.8. The fraction of sp³-hybridized carbons (Fsp3) is 0.348. The highest BCUT2D eigenvalue weighted by Gasteiger charge is 2.25. The molecular formula is C23H27Cl2N5OS. The lowest BCUT2D eigenvalue weighted by Crippen LogP contribution is -2.25. The molecule has 0 saturated heterocycles. The van der Waals surface area contributed by atoms with Crippen LogP contribution in [0.5, 0.6) is 0 Å². The van der Waals surface area contributed by atoms with Crippen molar-refractivity contribution in [3.8, 4) is 0 Å². The van der Waals surface area contributed by atoms with Crippen molar-refractivity contribution in [3.05, 3.63) is 70.0 Å². The maximum Gasteiger partial charge on any atom is 0.237 e. The number of amides is 1. The van der Waals surface area contributed by atoms with Crippen LogP contribution in [0.2, 0.25) is 10.0 Å². The number of carbonyl (C=O) groups excluding carboxylic acids is 1. The second-order valence-electron chi connectivity index (χ2n) is 7.67. The average molecular weight is 492 g/mol. The van der Waals surface area contributed by atoms with Gasteiger partial charge in [0.05, 0.1) is 28.5 Å². The van der Waals surface area contributed by atoms with Gasteiger partial charge in [-0.25, -0.2) is 0 Å². The Bertz CT molecular complexity index is 1060. The van der Waals surface area contributed by atoms with Gasteiger partial charge < -0.3 is 9.88 Å². The topological polar surface area (TPSA) is 63.1 Å². The van der Waals surface area contributed by atoms with Crippen molar-refractivity contribution in [1.29, 1.82) is 0 Å². The van der Waals surface area contributed by atoms with E-state index in [1.165, 1.54) is 11.8 Å². The largest absolute Gasteiger partial charge is 0.324 e. The number of benzene rings is 2. The Kier molecular flexibility index (Phi) is 8.59. The molecular weight excluding hydrogens is 465 g/mol. The first-order valence-corrected chi connectivity index (χ1v) is 12.0. The fourth-order valence-corrected chi connectivity index (χ4v) is 4.68. The predicted octanol–water partition coefficient (Wildman–Crippen LogP) is 5.77. The number of hydrogen-bond donors (Lipinski definition) is 1. The molecule has 1 heterocycles. The zero-order chi connectivity index (χ0) is 23.3. The second kappa shape index (κ2) is 11.2. The van der Waals surface area contributed by atoms with E-state index < -0.39 is 5.25 Å². The van der Waals surface area contributed by atoms with Crippen molar-refractivity contribution in [1.82, 2.24) is 19.7 Å². The molecule has 32 heavy (non-hydrogen) atoms. The summed E-state index contributed by atoms with van der Waals surface area (Å²) in [6.07, 6.45) is 0.899. The van der Waals surface area contributed by atoms with Crippen LogP contribution in [0, 0.1) is 0 Å². The van der Waals surface area contributed by atoms with E-state index in [2.05, 4.69) is 44.0 Å². The normalized spacial score (nSPS) is 13.2. The maximum atomic E-state index is 12.8. The molecule has 0 fully saturated rings. The van der Waals surface area contributed by atoms with Gasteiger partial charge in [0.2, 0.25) is 5.91 Å². The number of anilines is 1. The minimum Gasteiger partial charge on any atom is -0.324 e. The second-order valence-corrected chi connectivity index (χ2v) is 9.83. The van der Waals surface area contributed by atoms with Crippen LogP contribution in [0.4, 0.5) is 5.69 Å². The predicted molar refractivity (Wildman–Crippen MR) is 133 cm³/mol. The molecule has 6 nitrogen and oxygen atoms in total. The number of nitrogens with one attached hydrogen (secondary N) is 1. The molecule has 0 aliphatic heterocycles. The minimum absolute atomic E-state index is 0.123. The van der Waals surface area contributed by atoms with Gasteiger partial charge in [0.15, 0.2) is 11.0 Å². The van der Waals surface area contributed by atoms with E-state index in [1.807, 2.05) is 39.2 Å². The van der Waals surface area contributed by atoms with Crippen LogP contribution in [0.15, 0.2) is 53.7 Å². The van der Waals surface area contributed by atoms with E-state index in [4.69, 9.17) is 23.2 Å². The first kappa shape index (κ1) is 24.6. The third-order valence-corrected chi connectivity index (χ3v) is 6.71. The number of carbonyl (C=O) groups is 1. The van der Waals surface area contributed by atoms with Crippen molar-refractivity contribution in [2.45, 2.75) is 43.3 Å². The number of thioether (sulfide) groups is 1. The van der Waals surface area contributed by atoms with Crippen LogP contribution < -0.4 is 5.32 Å². The van der Waals surface area contributed by atoms with Gasteiger partial charge in [0.25, 0.3) is 0 Å². The zero-order valence-corrected chi connectivity index (χ0v) is 20.9. The molecule has 2 unspecified atom stereocenters. The number of aromatic nitrogens is 3. The van der Waals surface area contributed by atoms with E-state index in [1.54, 1.807) is 18.2 Å². The van der Waals surface area contributed by atoms with Crippen LogP contribution in [0.1, 0.15) is 37.7 Å². The van der Waals surface area contributed by atoms with Crippen molar-refractivity contribution in [2.75, 3.05) is 19.4 Å². The van der Waals surface area contributed by atoms with E-state index in [0.29, 0.717) is 27.4 Å². The van der Waals surface area contributed by atoms with Crippen molar-refractivity contribution >= 4 is 46.6 Å². The quantitative estimate of drug-likeness (QED) is 0.385. The molecule has 0 radical (unpaired) electrons. The molecule has 1 amide bonds. The first-order valence-electron chi connectivity index (χ1n) is 10.4. The molecule has 2 aromatic carbocycles. The number of nitrogens with zero attached hydrogens (tertiary/aromatic N) is 4. The van der Waals surface area contributed by atoms with Crippen molar-refractivity contribution in [2.24, 2.45) is 0 Å². The average Bonchev–Trinajstić information content (AvgIpc) is 3.13. The zero-order valence-electron chi connectivity index (χ0n) is 18.5. The molecule has 3 rings (SSSR count). The monoisotopic (exact) mass is 491 g/mol. The Hall–Kier alpha value is -2.06. The lowest BCUT2D eigenvalue weighted by atomic mass is 10.2. The van der Waals surface area contributed by atoms with E-state index in [0.717, 1.165) is 17.8 Å². The van der Waals surface area contributed by atoms with Crippen LogP contribution in [-0.4, -0.2) is 44.9 Å². The number of halogens is 2. The third kappa shape index (κ3) is 6.04. The van der Waals surface area contributed by atoms with Gasteiger partial charge in [-0.3, -0.25) is 9.69 Å². The van der Waals surface area contributed by atoms with Gasteiger partial charge in [-0.1, -0.05) is 72.2 Å². The lowest BCUT2D eigenvalue weighted by molar-refractivity contribution is -0.115. The molecule has 1 N–H and O–H groups in total. The standard InChI is InChI=1S/C23H27Cl2N5OS/c1-5-20(29(3)4)21-27-28-23(30(21)14-16-9-7-6-8-10-16)32-15(2)22(31)26-19-12-11-17(24)13-18(19)25/h6-13,15,20H,5,14H2,1-4H3,(H,26,31). The SMILES string of the molecule is CCC(c1nnc(SC(C)C(=O)Nc2ccc(Cl)cc2Cl)n1Cc1ccccc1)N(C)C. The molecule has 0 spiro atoms. The Balaban J connectivity index is 1.84. The lowest BCUT2D eigenvalue weighted by Gasteiger charge is -2.23. The summed E-state index contributed by atoms with van der Waals surface area (Å²) < 4.78 is 2.10. The highest BCUT2D eigenvalue weighted by atomic mass is 35.5. The molecule has 0 aliphatic rings. The molecule has 0 bridgehead atoms. The summed E-state index contributed by atoms with van der Waals surface area (Å²) in [4.78, 5) is 15.0. The number of hydrogen-bond acceptors (Lipinski definition) is 5. The van der Waals surface area contributed by atoms with Gasteiger partial charge in [-0.2, -0.15) is 0 Å². The molecule has 170 valence electrons. The Morgan fingerprint density at radius 2 is 1.88 bits per heavy atom. The molecule has 0 aliphatic carbocycles. The fourth-order valence-electron chi connectivity index (χ4n) is 3.36. The summed E-state index contributed by atoms with van der Waals surface area (Å²) in [5.41, 5.74) is 1.67. The molecule has 3 aromatic rings. The summed E-state index contributed by atoms with van der Waals surface area (Å²) in [5, 5.41) is 13.0. The van der Waals surface area contributed by atoms with E-state index in [-0.39, 0.29) is 11.9 Å². The minimum atomic E-state index is -0.409. The Labute approximate surface area is 203 Å². The molecule has 9 heteroatoms. The number of rotatable bonds is 9. The van der Waals surface area contributed by atoms with E-state index >= 15 is 0 Å². The molecule has 1 aromatic heterocycles. The van der Waals surface area contributed by atoms with E-state index in [9.17, 15) is 4.79 Å². The van der Waals surface area contributed by atoms with Gasteiger partial charge in [-0.05, 0) is 51.2 Å². The first-order chi connectivity index (χ1) is 15.3. The third-order valence-electron chi connectivity index (χ3n) is 5.08. The highest BCUT2D eigenvalue weighted by Crippen LogP contribution is 2.30. The van der Waals surface area contributed by atoms with Crippen LogP contribution in [0.3, 0.4) is 0 Å². The summed E-state index contributed by atoms with van der Waals surface area (Å²) in [5.74, 6) is 0.715. The Morgan fingerprint density at radius 3 is 2.50 bits per heavy atom. The molecule has 0 saturated carbocycles. The van der Waals surface area contributed by atoms with Crippen molar-refractivity contribution < 1.29 is 4.79 Å². The Morgan fingerprint density at radius 1 is 1.16 bits per heavy atom. The van der Waals surface area contributed by atoms with Crippen LogP contribution in [0.25, 0.3) is 0 Å². The van der Waals surface area contributed by atoms with Crippen molar-refractivity contribution in [3.63, 3.8) is 0 Å². The van der Waals surface area contributed by atoms with Gasteiger partial charge in [-0.15, -0.1) is 10.2 Å². The highest BCUT2D eigenvalue weighted by molar-refractivity contribution is 8.00. The summed E-state index contributed by atoms with van der Waals surface area (Å²) in [6.45, 7) is 4.60. The summed E-state index contributed by atoms with van der Waals surface area (Å²) >= 11 is 13.5. The molecule has 2 atom stereocenters. The van der Waals surface area contributed by atoms with Gasteiger partial charge in [0.1, 0.15) is 0 Å². The summed E-state index contributed by atoms with van der Waals surface area (Å²) in [7, 11) is 4.07. The van der Waals surface area contributed by atoms with Crippen LogP contribution in [-0.2, 0) is 11.3 Å². The van der Waals surface area contributed by atoms with Gasteiger partial charge in [0, 0.05) is 5.02 Å². The smallest absolute Gasteiger partial charge is 0.237 e.